The number of hydrazone groups is 1. The molecule has 1 aliphatic rings. The van der Waals surface area contributed by atoms with E-state index in [4.69, 9.17) is 16.7 Å². The van der Waals surface area contributed by atoms with Gasteiger partial charge in [-0.2, -0.15) is 5.10 Å². The Morgan fingerprint density at radius 3 is 2.35 bits per heavy atom. The van der Waals surface area contributed by atoms with Crippen molar-refractivity contribution in [2.24, 2.45) is 5.10 Å². The van der Waals surface area contributed by atoms with Crippen molar-refractivity contribution < 1.29 is 0 Å². The number of hydrogen-bond donors (Lipinski definition) is 1. The lowest BCUT2D eigenvalue weighted by Gasteiger charge is -2.24. The molecule has 0 saturated heterocycles. The van der Waals surface area contributed by atoms with Gasteiger partial charge in [0.25, 0.3) is 0 Å². The maximum Gasteiger partial charge on any atom is 0.0831 e. The minimum absolute atomic E-state index is 0.134. The van der Waals surface area contributed by atoms with Crippen LogP contribution in [-0.4, -0.2) is 10.7 Å². The van der Waals surface area contributed by atoms with E-state index < -0.39 is 0 Å². The molecule has 0 amide bonds. The molecule has 31 heavy (non-hydrogen) atoms. The molecule has 3 aromatic carbocycles. The molecule has 0 spiro atoms. The minimum atomic E-state index is 0.134. The Hall–Kier alpha value is -3.63. The monoisotopic (exact) mass is 424 g/mol. The van der Waals surface area contributed by atoms with Crippen molar-refractivity contribution in [3.63, 3.8) is 0 Å². The average molecular weight is 425 g/mol. The van der Waals surface area contributed by atoms with E-state index in [1.165, 1.54) is 5.56 Å². The number of nitrogens with one attached hydrogen (secondary N) is 1. The molecule has 4 aromatic rings. The second-order valence-electron chi connectivity index (χ2n) is 7.44. The molecule has 0 saturated carbocycles. The van der Waals surface area contributed by atoms with E-state index in [0.29, 0.717) is 0 Å². The van der Waals surface area contributed by atoms with Crippen LogP contribution < -0.4 is 10.3 Å². The topological polar surface area (TPSA) is 40.5 Å². The predicted octanol–water partition coefficient (Wildman–Crippen LogP) is 6.83. The Morgan fingerprint density at radius 1 is 0.806 bits per heavy atom. The summed E-state index contributed by atoms with van der Waals surface area (Å²) in [5.41, 5.74) is 6.46. The molecule has 1 aromatic heterocycles. The summed E-state index contributed by atoms with van der Waals surface area (Å²) in [6.07, 6.45) is 4.38. The van der Waals surface area contributed by atoms with Gasteiger partial charge >= 0.3 is 0 Å². The molecule has 4 nitrogen and oxygen atoms in total. The zero-order valence-electron chi connectivity index (χ0n) is 16.8. The molecule has 1 atom stereocenters. The van der Waals surface area contributed by atoms with Gasteiger partial charge in [0.1, 0.15) is 0 Å². The quantitative estimate of drug-likeness (QED) is 0.381. The van der Waals surface area contributed by atoms with Gasteiger partial charge in [-0.15, -0.1) is 0 Å². The van der Waals surface area contributed by atoms with Crippen molar-refractivity contribution in [1.29, 1.82) is 0 Å². The van der Waals surface area contributed by atoms with Gasteiger partial charge < -0.3 is 5.32 Å². The van der Waals surface area contributed by atoms with E-state index in [9.17, 15) is 0 Å². The standard InChI is InChI=1S/C26H21ClN4/c27-21-9-11-24(12-10-21)31-26(19-5-2-1-3-6-19)18-25(30-31)20-7-4-8-23(17-20)29-22-13-15-28-16-14-22/h1-17,26H,18H2,(H,28,29). The molecular formula is C26H21ClN4. The van der Waals surface area contributed by atoms with Gasteiger partial charge in [0.2, 0.25) is 0 Å². The van der Waals surface area contributed by atoms with Gasteiger partial charge in [0, 0.05) is 35.2 Å². The predicted molar refractivity (Wildman–Crippen MR) is 128 cm³/mol. The van der Waals surface area contributed by atoms with Crippen molar-refractivity contribution in [2.45, 2.75) is 12.5 Å². The Balaban J connectivity index is 1.48. The fourth-order valence-corrected chi connectivity index (χ4v) is 3.96. The van der Waals surface area contributed by atoms with Crippen LogP contribution in [0.5, 0.6) is 0 Å². The summed E-state index contributed by atoms with van der Waals surface area (Å²) in [7, 11) is 0. The first-order valence-electron chi connectivity index (χ1n) is 10.2. The number of halogens is 1. The second kappa shape index (κ2) is 8.62. The third-order valence-corrected chi connectivity index (χ3v) is 5.60. The van der Waals surface area contributed by atoms with Crippen LogP contribution in [0, 0.1) is 0 Å². The lowest BCUT2D eigenvalue weighted by atomic mass is 9.98. The van der Waals surface area contributed by atoms with E-state index >= 15 is 0 Å². The van der Waals surface area contributed by atoms with Crippen LogP contribution in [0.1, 0.15) is 23.6 Å². The Morgan fingerprint density at radius 2 is 1.58 bits per heavy atom. The van der Waals surface area contributed by atoms with E-state index in [2.05, 4.69) is 63.8 Å². The van der Waals surface area contributed by atoms with E-state index in [1.54, 1.807) is 12.4 Å². The minimum Gasteiger partial charge on any atom is -0.355 e. The molecule has 1 N–H and O–H groups in total. The molecule has 5 heteroatoms. The average Bonchev–Trinajstić information content (AvgIpc) is 3.27. The highest BCUT2D eigenvalue weighted by Crippen LogP contribution is 2.37. The summed E-state index contributed by atoms with van der Waals surface area (Å²) in [6, 6.07) is 30.8. The van der Waals surface area contributed by atoms with Crippen molar-refractivity contribution in [2.75, 3.05) is 10.3 Å². The Labute approximate surface area is 186 Å². The summed E-state index contributed by atoms with van der Waals surface area (Å²) in [4.78, 5) is 4.07. The lowest BCUT2D eigenvalue weighted by Crippen LogP contribution is -2.18. The fraction of sp³-hybridized carbons (Fsp3) is 0.0769. The SMILES string of the molecule is Clc1ccc(N2N=C(c3cccc(Nc4ccncc4)c3)CC2c2ccccc2)cc1. The summed E-state index contributed by atoms with van der Waals surface area (Å²) in [6.45, 7) is 0. The molecule has 2 heterocycles. The molecular weight excluding hydrogens is 404 g/mol. The van der Waals surface area contributed by atoms with Crippen molar-refractivity contribution in [3.8, 4) is 0 Å². The van der Waals surface area contributed by atoms with E-state index in [1.807, 2.05) is 42.5 Å². The normalized spacial score (nSPS) is 15.6. The second-order valence-corrected chi connectivity index (χ2v) is 7.88. The first kappa shape index (κ1) is 19.3. The van der Waals surface area contributed by atoms with E-state index in [0.717, 1.165) is 39.8 Å². The first-order valence-corrected chi connectivity index (χ1v) is 10.6. The smallest absolute Gasteiger partial charge is 0.0831 e. The van der Waals surface area contributed by atoms with Crippen LogP contribution in [0.15, 0.2) is 108 Å². The Kier molecular flexibility index (Phi) is 5.38. The van der Waals surface area contributed by atoms with Crippen LogP contribution in [-0.2, 0) is 0 Å². The molecule has 152 valence electrons. The number of rotatable bonds is 5. The zero-order chi connectivity index (χ0) is 21.0. The highest BCUT2D eigenvalue weighted by molar-refractivity contribution is 6.30. The molecule has 1 unspecified atom stereocenters. The molecule has 0 bridgehead atoms. The van der Waals surface area contributed by atoms with Gasteiger partial charge in [-0.05, 0) is 59.7 Å². The van der Waals surface area contributed by atoms with Gasteiger partial charge in [-0.3, -0.25) is 9.99 Å². The number of pyridine rings is 1. The Bertz CT molecular complexity index is 1190. The van der Waals surface area contributed by atoms with Crippen LogP contribution >= 0.6 is 11.6 Å². The van der Waals surface area contributed by atoms with Crippen molar-refractivity contribution in [3.05, 3.63) is 120 Å². The highest BCUT2D eigenvalue weighted by Gasteiger charge is 2.29. The van der Waals surface area contributed by atoms with Gasteiger partial charge in [0.05, 0.1) is 17.4 Å². The summed E-state index contributed by atoms with van der Waals surface area (Å²) in [5.74, 6) is 0. The number of nitrogens with zero attached hydrogens (tertiary/aromatic N) is 3. The maximum absolute atomic E-state index is 6.12. The summed E-state index contributed by atoms with van der Waals surface area (Å²) >= 11 is 6.12. The lowest BCUT2D eigenvalue weighted by molar-refractivity contribution is 0.709. The number of hydrogen-bond acceptors (Lipinski definition) is 4. The van der Waals surface area contributed by atoms with Crippen molar-refractivity contribution >= 4 is 34.4 Å². The molecule has 0 aliphatic carbocycles. The largest absolute Gasteiger partial charge is 0.355 e. The number of anilines is 3. The zero-order valence-corrected chi connectivity index (χ0v) is 17.6. The van der Waals surface area contributed by atoms with Crippen LogP contribution in [0.25, 0.3) is 0 Å². The molecule has 5 rings (SSSR count). The van der Waals surface area contributed by atoms with E-state index in [-0.39, 0.29) is 6.04 Å². The molecule has 0 fully saturated rings. The molecule has 0 radical (unpaired) electrons. The number of benzene rings is 3. The maximum atomic E-state index is 6.12. The molecule has 1 aliphatic heterocycles. The third kappa shape index (κ3) is 4.30. The fourth-order valence-electron chi connectivity index (χ4n) is 3.83. The first-order chi connectivity index (χ1) is 15.3. The van der Waals surface area contributed by atoms with Crippen LogP contribution in [0.4, 0.5) is 17.1 Å². The summed E-state index contributed by atoms with van der Waals surface area (Å²) in [5, 5.41) is 11.3. The van der Waals surface area contributed by atoms with Gasteiger partial charge in [-0.1, -0.05) is 54.1 Å². The van der Waals surface area contributed by atoms with Crippen molar-refractivity contribution in [1.82, 2.24) is 4.98 Å². The third-order valence-electron chi connectivity index (χ3n) is 5.35. The number of aromatic nitrogens is 1. The van der Waals surface area contributed by atoms with Gasteiger partial charge in [0.15, 0.2) is 0 Å². The summed E-state index contributed by atoms with van der Waals surface area (Å²) < 4.78 is 0. The van der Waals surface area contributed by atoms with Crippen LogP contribution in [0.2, 0.25) is 5.02 Å². The van der Waals surface area contributed by atoms with Gasteiger partial charge in [-0.25, -0.2) is 0 Å². The highest BCUT2D eigenvalue weighted by atomic mass is 35.5. The van der Waals surface area contributed by atoms with Crippen LogP contribution in [0.3, 0.4) is 0 Å².